The number of benzene rings is 2. The predicted molar refractivity (Wildman–Crippen MR) is 100 cm³/mol. The van der Waals surface area contributed by atoms with Gasteiger partial charge >= 0.3 is 5.97 Å². The van der Waals surface area contributed by atoms with Crippen LogP contribution in [0.25, 0.3) is 0 Å². The molecule has 0 aromatic heterocycles. The molecule has 150 valence electrons. The number of rotatable bonds is 6. The first-order chi connectivity index (χ1) is 13.8. The Bertz CT molecular complexity index is 954. The summed E-state index contributed by atoms with van der Waals surface area (Å²) in [7, 11) is 0. The molecule has 0 spiro atoms. The molecule has 0 radical (unpaired) electrons. The van der Waals surface area contributed by atoms with Gasteiger partial charge in [0.1, 0.15) is 11.9 Å². The Morgan fingerprint density at radius 1 is 1.00 bits per heavy atom. The number of carbonyl (C=O) groups is 4. The Morgan fingerprint density at radius 2 is 1.55 bits per heavy atom. The third-order valence-corrected chi connectivity index (χ3v) is 4.54. The van der Waals surface area contributed by atoms with Gasteiger partial charge in [0.15, 0.2) is 6.73 Å². The summed E-state index contributed by atoms with van der Waals surface area (Å²) < 4.78 is 18.9. The Labute approximate surface area is 166 Å². The minimum Gasteiger partial charge on any atom is -0.442 e. The van der Waals surface area contributed by atoms with Gasteiger partial charge in [-0.3, -0.25) is 14.4 Å². The van der Waals surface area contributed by atoms with E-state index in [0.717, 1.165) is 11.0 Å². The Hall–Kier alpha value is -3.55. The van der Waals surface area contributed by atoms with Crippen molar-refractivity contribution in [2.24, 2.45) is 5.92 Å². The molecular weight excluding hydrogens is 379 g/mol. The molecule has 1 unspecified atom stereocenters. The maximum Gasteiger partial charge on any atom is 0.330 e. The van der Waals surface area contributed by atoms with E-state index in [1.54, 1.807) is 26.0 Å². The lowest BCUT2D eigenvalue weighted by Crippen LogP contribution is -2.47. The summed E-state index contributed by atoms with van der Waals surface area (Å²) in [6, 6.07) is 10.6. The van der Waals surface area contributed by atoms with Crippen molar-refractivity contribution in [3.63, 3.8) is 0 Å². The van der Waals surface area contributed by atoms with E-state index in [1.165, 1.54) is 30.3 Å². The highest BCUT2D eigenvalue weighted by molar-refractivity contribution is 6.21. The number of esters is 1. The number of carbonyl (C=O) groups excluding carboxylic acids is 4. The molecule has 3 amide bonds. The van der Waals surface area contributed by atoms with Crippen LogP contribution in [0.2, 0.25) is 0 Å². The van der Waals surface area contributed by atoms with E-state index in [1.807, 2.05) is 0 Å². The van der Waals surface area contributed by atoms with Crippen LogP contribution in [-0.2, 0) is 9.53 Å². The Kier molecular flexibility index (Phi) is 5.72. The molecule has 1 heterocycles. The molecule has 7 nitrogen and oxygen atoms in total. The van der Waals surface area contributed by atoms with Crippen molar-refractivity contribution in [1.29, 1.82) is 0 Å². The maximum atomic E-state index is 13.8. The van der Waals surface area contributed by atoms with Crippen LogP contribution < -0.4 is 5.32 Å². The molecule has 29 heavy (non-hydrogen) atoms. The van der Waals surface area contributed by atoms with Crippen molar-refractivity contribution < 1.29 is 28.3 Å². The molecule has 2 aromatic rings. The lowest BCUT2D eigenvalue weighted by atomic mass is 10.0. The monoisotopic (exact) mass is 398 g/mol. The molecule has 1 N–H and O–H groups in total. The van der Waals surface area contributed by atoms with E-state index >= 15 is 0 Å². The second-order valence-electron chi connectivity index (χ2n) is 6.85. The zero-order valence-electron chi connectivity index (χ0n) is 15.8. The summed E-state index contributed by atoms with van der Waals surface area (Å²) in [5.41, 5.74) is 0.273. The van der Waals surface area contributed by atoms with Gasteiger partial charge in [0, 0.05) is 0 Å². The molecule has 0 aliphatic carbocycles. The van der Waals surface area contributed by atoms with Crippen molar-refractivity contribution in [2.75, 3.05) is 6.73 Å². The van der Waals surface area contributed by atoms with E-state index in [9.17, 15) is 23.6 Å². The molecular formula is C21H19FN2O5. The van der Waals surface area contributed by atoms with Gasteiger partial charge < -0.3 is 10.1 Å². The fraction of sp³-hybridized carbons (Fsp3) is 0.238. The molecule has 8 heteroatoms. The fourth-order valence-corrected chi connectivity index (χ4v) is 2.94. The largest absolute Gasteiger partial charge is 0.442 e. The van der Waals surface area contributed by atoms with E-state index in [4.69, 9.17) is 4.74 Å². The second-order valence-corrected chi connectivity index (χ2v) is 6.85. The quantitative estimate of drug-likeness (QED) is 0.596. The van der Waals surface area contributed by atoms with E-state index < -0.39 is 42.3 Å². The first kappa shape index (κ1) is 20.2. The number of nitrogens with zero attached hydrogens (tertiary/aromatic N) is 1. The molecule has 1 aliphatic heterocycles. The van der Waals surface area contributed by atoms with Crippen LogP contribution in [0.15, 0.2) is 48.5 Å². The van der Waals surface area contributed by atoms with Gasteiger partial charge in [-0.25, -0.2) is 14.1 Å². The van der Waals surface area contributed by atoms with Crippen LogP contribution in [0.4, 0.5) is 4.39 Å². The standard InChI is InChI=1S/C21H19FN2O5/c1-12(2)17(23-18(25)15-9-5-6-10-16(15)22)21(28)29-11-24-19(26)13-7-3-4-8-14(13)20(24)27/h3-10,12,17H,11H2,1-2H3,(H,23,25). The lowest BCUT2D eigenvalue weighted by Gasteiger charge is -2.22. The van der Waals surface area contributed by atoms with Crippen LogP contribution in [0.1, 0.15) is 44.9 Å². The predicted octanol–water partition coefficient (Wildman–Crippen LogP) is 2.38. The van der Waals surface area contributed by atoms with Crippen molar-refractivity contribution in [2.45, 2.75) is 19.9 Å². The summed E-state index contributed by atoms with van der Waals surface area (Å²) in [6.45, 7) is 2.77. The average Bonchev–Trinajstić information content (AvgIpc) is 2.94. The molecule has 2 aromatic carbocycles. The van der Waals surface area contributed by atoms with E-state index in [0.29, 0.717) is 0 Å². The zero-order valence-corrected chi connectivity index (χ0v) is 15.8. The number of fused-ring (bicyclic) bond motifs is 1. The number of ether oxygens (including phenoxy) is 1. The van der Waals surface area contributed by atoms with Gasteiger partial charge in [-0.2, -0.15) is 0 Å². The maximum absolute atomic E-state index is 13.8. The zero-order chi connectivity index (χ0) is 21.1. The number of hydrogen-bond acceptors (Lipinski definition) is 5. The smallest absolute Gasteiger partial charge is 0.330 e. The highest BCUT2D eigenvalue weighted by atomic mass is 19.1. The van der Waals surface area contributed by atoms with Crippen molar-refractivity contribution in [3.8, 4) is 0 Å². The third-order valence-electron chi connectivity index (χ3n) is 4.54. The number of halogens is 1. The van der Waals surface area contributed by atoms with Crippen LogP contribution >= 0.6 is 0 Å². The number of hydrogen-bond donors (Lipinski definition) is 1. The van der Waals surface area contributed by atoms with Gasteiger partial charge in [0.2, 0.25) is 0 Å². The molecule has 0 saturated carbocycles. The number of amides is 3. The first-order valence-electron chi connectivity index (χ1n) is 8.98. The first-order valence-corrected chi connectivity index (χ1v) is 8.98. The van der Waals surface area contributed by atoms with Gasteiger partial charge in [0.25, 0.3) is 17.7 Å². The molecule has 0 saturated heterocycles. The average molecular weight is 398 g/mol. The SMILES string of the molecule is CC(C)C(NC(=O)c1ccccc1F)C(=O)OCN1C(=O)c2ccccc2C1=O. The highest BCUT2D eigenvalue weighted by Crippen LogP contribution is 2.22. The highest BCUT2D eigenvalue weighted by Gasteiger charge is 2.36. The molecule has 1 atom stereocenters. The van der Waals surface area contributed by atoms with Crippen LogP contribution in [0, 0.1) is 11.7 Å². The lowest BCUT2D eigenvalue weighted by molar-refractivity contribution is -0.149. The summed E-state index contributed by atoms with van der Waals surface area (Å²) in [4.78, 5) is 50.3. The topological polar surface area (TPSA) is 92.8 Å². The van der Waals surface area contributed by atoms with E-state index in [-0.39, 0.29) is 22.6 Å². The Morgan fingerprint density at radius 3 is 2.10 bits per heavy atom. The molecule has 1 aliphatic rings. The summed E-state index contributed by atoms with van der Waals surface area (Å²) in [5, 5.41) is 2.45. The summed E-state index contributed by atoms with van der Waals surface area (Å²) >= 11 is 0. The van der Waals surface area contributed by atoms with Gasteiger partial charge in [-0.15, -0.1) is 0 Å². The second kappa shape index (κ2) is 8.22. The molecule has 0 fully saturated rings. The Balaban J connectivity index is 1.67. The van der Waals surface area contributed by atoms with Crippen molar-refractivity contribution in [3.05, 3.63) is 71.0 Å². The van der Waals surface area contributed by atoms with Gasteiger partial charge in [-0.05, 0) is 30.2 Å². The minimum absolute atomic E-state index is 0.203. The van der Waals surface area contributed by atoms with Gasteiger partial charge in [-0.1, -0.05) is 38.1 Å². The summed E-state index contributed by atoms with van der Waals surface area (Å²) in [5.74, 6) is -3.81. The summed E-state index contributed by atoms with van der Waals surface area (Å²) in [6.07, 6.45) is 0. The van der Waals surface area contributed by atoms with Crippen molar-refractivity contribution in [1.82, 2.24) is 10.2 Å². The normalized spacial score (nSPS) is 14.0. The molecule has 0 bridgehead atoms. The van der Waals surface area contributed by atoms with E-state index in [2.05, 4.69) is 5.32 Å². The van der Waals surface area contributed by atoms with Crippen LogP contribution in [-0.4, -0.2) is 41.4 Å². The number of nitrogens with one attached hydrogen (secondary N) is 1. The molecule has 3 rings (SSSR count). The van der Waals surface area contributed by atoms with Crippen LogP contribution in [0.5, 0.6) is 0 Å². The van der Waals surface area contributed by atoms with Crippen LogP contribution in [0.3, 0.4) is 0 Å². The fourth-order valence-electron chi connectivity index (χ4n) is 2.94. The third kappa shape index (κ3) is 4.01. The number of imide groups is 1. The minimum atomic E-state index is -1.09. The van der Waals surface area contributed by atoms with Gasteiger partial charge in [0.05, 0.1) is 16.7 Å². The van der Waals surface area contributed by atoms with Crippen molar-refractivity contribution >= 4 is 23.7 Å².